The van der Waals surface area contributed by atoms with Gasteiger partial charge in [0.15, 0.2) is 6.61 Å². The number of hydrogen-bond donors (Lipinski definition) is 0. The van der Waals surface area contributed by atoms with Crippen LogP contribution in [0.2, 0.25) is 0 Å². The highest BCUT2D eigenvalue weighted by atomic mass is 32.2. The van der Waals surface area contributed by atoms with E-state index in [0.29, 0.717) is 24.4 Å². The monoisotopic (exact) mass is 418 g/mol. The molecule has 0 aliphatic carbocycles. The van der Waals surface area contributed by atoms with E-state index in [1.54, 1.807) is 36.1 Å². The molecule has 154 valence electrons. The summed E-state index contributed by atoms with van der Waals surface area (Å²) < 4.78 is 10.3. The van der Waals surface area contributed by atoms with Gasteiger partial charge in [-0.25, -0.2) is 4.79 Å². The molecular formula is C20H22N2O6S. The number of amides is 3. The molecule has 0 bridgehead atoms. The Hall–Kier alpha value is -2.81. The number of likely N-dealkylation sites (tertiary alicyclic amines) is 1. The smallest absolute Gasteiger partial charge is 0.344 e. The zero-order chi connectivity index (χ0) is 20.8. The first kappa shape index (κ1) is 20.9. The van der Waals surface area contributed by atoms with E-state index in [9.17, 15) is 19.2 Å². The Morgan fingerprint density at radius 2 is 1.90 bits per heavy atom. The highest BCUT2D eigenvalue weighted by Gasteiger charge is 2.37. The summed E-state index contributed by atoms with van der Waals surface area (Å²) in [5, 5.41) is -0.473. The molecular weight excluding hydrogens is 396 g/mol. The van der Waals surface area contributed by atoms with Crippen LogP contribution in [0.15, 0.2) is 29.2 Å². The lowest BCUT2D eigenvalue weighted by atomic mass is 10.2. The molecule has 0 saturated carbocycles. The van der Waals surface area contributed by atoms with Gasteiger partial charge in [-0.05, 0) is 43.7 Å². The SMILES string of the molecule is CCOC(=O)COc1ccccc1C=C1SC(=O)N(CC(=O)N2CCCC2)C1=O. The molecule has 1 aromatic carbocycles. The summed E-state index contributed by atoms with van der Waals surface area (Å²) in [6.45, 7) is 2.78. The largest absolute Gasteiger partial charge is 0.481 e. The van der Waals surface area contributed by atoms with Gasteiger partial charge in [-0.3, -0.25) is 19.3 Å². The summed E-state index contributed by atoms with van der Waals surface area (Å²) in [4.78, 5) is 51.6. The maximum atomic E-state index is 12.7. The average Bonchev–Trinajstić information content (AvgIpc) is 3.33. The van der Waals surface area contributed by atoms with Crippen molar-refractivity contribution in [1.29, 1.82) is 0 Å². The van der Waals surface area contributed by atoms with E-state index in [-0.39, 0.29) is 30.6 Å². The molecule has 0 N–H and O–H groups in total. The minimum Gasteiger partial charge on any atom is -0.481 e. The van der Waals surface area contributed by atoms with Gasteiger partial charge in [-0.1, -0.05) is 18.2 Å². The van der Waals surface area contributed by atoms with Gasteiger partial charge < -0.3 is 14.4 Å². The van der Waals surface area contributed by atoms with Crippen LogP contribution in [0, 0.1) is 0 Å². The molecule has 1 aromatic rings. The first-order valence-corrected chi connectivity index (χ1v) is 10.2. The third-order valence-corrected chi connectivity index (χ3v) is 5.39. The summed E-state index contributed by atoms with van der Waals surface area (Å²) in [7, 11) is 0. The van der Waals surface area contributed by atoms with Gasteiger partial charge in [0.25, 0.3) is 11.1 Å². The van der Waals surface area contributed by atoms with Crippen molar-refractivity contribution in [3.63, 3.8) is 0 Å². The molecule has 2 fully saturated rings. The van der Waals surface area contributed by atoms with Crippen molar-refractivity contribution in [2.45, 2.75) is 19.8 Å². The number of carbonyl (C=O) groups is 4. The van der Waals surface area contributed by atoms with E-state index < -0.39 is 17.1 Å². The van der Waals surface area contributed by atoms with E-state index >= 15 is 0 Å². The molecule has 0 atom stereocenters. The van der Waals surface area contributed by atoms with Crippen LogP contribution < -0.4 is 4.74 Å². The first-order chi connectivity index (χ1) is 14.0. The van der Waals surface area contributed by atoms with Crippen LogP contribution in [0.3, 0.4) is 0 Å². The number of ether oxygens (including phenoxy) is 2. The quantitative estimate of drug-likeness (QED) is 0.495. The number of benzene rings is 1. The van der Waals surface area contributed by atoms with Gasteiger partial charge in [-0.2, -0.15) is 0 Å². The number of imide groups is 1. The minimum atomic E-state index is -0.507. The lowest BCUT2D eigenvalue weighted by Crippen LogP contribution is -2.40. The van der Waals surface area contributed by atoms with Crippen LogP contribution >= 0.6 is 11.8 Å². The van der Waals surface area contributed by atoms with Gasteiger partial charge in [0, 0.05) is 18.7 Å². The van der Waals surface area contributed by atoms with Gasteiger partial charge in [0.1, 0.15) is 12.3 Å². The predicted molar refractivity (Wildman–Crippen MR) is 107 cm³/mol. The molecule has 29 heavy (non-hydrogen) atoms. The van der Waals surface area contributed by atoms with Crippen molar-refractivity contribution in [3.05, 3.63) is 34.7 Å². The molecule has 3 amide bonds. The summed E-state index contributed by atoms with van der Waals surface area (Å²) in [5.41, 5.74) is 0.549. The maximum Gasteiger partial charge on any atom is 0.344 e. The number of nitrogens with zero attached hydrogens (tertiary/aromatic N) is 2. The van der Waals surface area contributed by atoms with E-state index in [0.717, 1.165) is 29.5 Å². The molecule has 2 heterocycles. The van der Waals surface area contributed by atoms with Crippen molar-refractivity contribution < 1.29 is 28.7 Å². The Bertz CT molecular complexity index is 847. The highest BCUT2D eigenvalue weighted by Crippen LogP contribution is 2.34. The number of carbonyl (C=O) groups excluding carboxylic acids is 4. The molecule has 0 unspecified atom stereocenters. The van der Waals surface area contributed by atoms with Gasteiger partial charge in [0.2, 0.25) is 5.91 Å². The average molecular weight is 418 g/mol. The maximum absolute atomic E-state index is 12.7. The molecule has 3 rings (SSSR count). The molecule has 9 heteroatoms. The Labute approximate surface area is 172 Å². The standard InChI is InChI=1S/C20H22N2O6S/c1-2-27-18(24)13-28-15-8-4-3-7-14(15)11-16-19(25)22(20(26)29-16)12-17(23)21-9-5-6-10-21/h3-4,7-8,11H,2,5-6,9-10,12-13H2,1H3. The van der Waals surface area contributed by atoms with Crippen molar-refractivity contribution >= 4 is 40.9 Å². The van der Waals surface area contributed by atoms with E-state index in [1.165, 1.54) is 6.08 Å². The number of thioether (sulfide) groups is 1. The second-order valence-corrected chi connectivity index (χ2v) is 7.48. The third kappa shape index (κ3) is 5.17. The molecule has 8 nitrogen and oxygen atoms in total. The van der Waals surface area contributed by atoms with Gasteiger partial charge in [0.05, 0.1) is 11.5 Å². The number of rotatable bonds is 7. The van der Waals surface area contributed by atoms with Crippen LogP contribution in [0.5, 0.6) is 5.75 Å². The van der Waals surface area contributed by atoms with E-state index in [1.807, 2.05) is 0 Å². The van der Waals surface area contributed by atoms with Crippen LogP contribution in [0.25, 0.3) is 6.08 Å². The predicted octanol–water partition coefficient (Wildman–Crippen LogP) is 2.29. The summed E-state index contributed by atoms with van der Waals surface area (Å²) in [6.07, 6.45) is 3.41. The molecule has 0 spiro atoms. The number of hydrogen-bond acceptors (Lipinski definition) is 7. The summed E-state index contributed by atoms with van der Waals surface area (Å²) >= 11 is 0.783. The molecule has 2 saturated heterocycles. The Kier molecular flexibility index (Phi) is 6.92. The third-order valence-electron chi connectivity index (χ3n) is 4.48. The summed E-state index contributed by atoms with van der Waals surface area (Å²) in [6, 6.07) is 6.86. The summed E-state index contributed by atoms with van der Waals surface area (Å²) in [5.74, 6) is -0.833. The zero-order valence-corrected chi connectivity index (χ0v) is 16.9. The second kappa shape index (κ2) is 9.60. The van der Waals surface area contributed by atoms with E-state index in [2.05, 4.69) is 0 Å². The second-order valence-electron chi connectivity index (χ2n) is 6.49. The molecule has 2 aliphatic heterocycles. The number of esters is 1. The Balaban J connectivity index is 1.70. The minimum absolute atomic E-state index is 0.205. The fraction of sp³-hybridized carbons (Fsp3) is 0.400. The van der Waals surface area contributed by atoms with Crippen molar-refractivity contribution in [2.75, 3.05) is 32.8 Å². The van der Waals surface area contributed by atoms with Crippen LogP contribution in [-0.4, -0.2) is 65.7 Å². The first-order valence-electron chi connectivity index (χ1n) is 9.40. The Morgan fingerprint density at radius 3 is 2.62 bits per heavy atom. The van der Waals surface area contributed by atoms with Crippen molar-refractivity contribution in [2.24, 2.45) is 0 Å². The normalized spacial score (nSPS) is 17.9. The topological polar surface area (TPSA) is 93.2 Å². The lowest BCUT2D eigenvalue weighted by molar-refractivity contribution is -0.145. The van der Waals surface area contributed by atoms with Crippen molar-refractivity contribution in [1.82, 2.24) is 9.80 Å². The molecule has 2 aliphatic rings. The fourth-order valence-electron chi connectivity index (χ4n) is 3.05. The van der Waals surface area contributed by atoms with Crippen LogP contribution in [0.4, 0.5) is 4.79 Å². The zero-order valence-electron chi connectivity index (χ0n) is 16.1. The highest BCUT2D eigenvalue weighted by molar-refractivity contribution is 8.18. The molecule has 0 radical (unpaired) electrons. The van der Waals surface area contributed by atoms with Crippen molar-refractivity contribution in [3.8, 4) is 5.75 Å². The van der Waals surface area contributed by atoms with Gasteiger partial charge >= 0.3 is 5.97 Å². The van der Waals surface area contributed by atoms with Crippen LogP contribution in [0.1, 0.15) is 25.3 Å². The van der Waals surface area contributed by atoms with Crippen LogP contribution in [-0.2, 0) is 19.1 Å². The van der Waals surface area contributed by atoms with Gasteiger partial charge in [-0.15, -0.1) is 0 Å². The molecule has 0 aromatic heterocycles. The Morgan fingerprint density at radius 1 is 1.17 bits per heavy atom. The lowest BCUT2D eigenvalue weighted by Gasteiger charge is -2.18. The van der Waals surface area contributed by atoms with E-state index in [4.69, 9.17) is 9.47 Å². The fourth-order valence-corrected chi connectivity index (χ4v) is 3.88. The number of para-hydroxylation sites is 1.